The molecule has 1 N–H and O–H groups in total. The summed E-state index contributed by atoms with van der Waals surface area (Å²) in [6, 6.07) is 3.89. The molecule has 2 aromatic rings. The van der Waals surface area contributed by atoms with Gasteiger partial charge < -0.3 is 5.11 Å². The summed E-state index contributed by atoms with van der Waals surface area (Å²) >= 11 is 6.28. The van der Waals surface area contributed by atoms with Crippen molar-refractivity contribution in [3.63, 3.8) is 0 Å². The maximum absolute atomic E-state index is 10.5. The van der Waals surface area contributed by atoms with Crippen LogP contribution in [0.3, 0.4) is 0 Å². The normalized spacial score (nSPS) is 12.7. The molecule has 2 heterocycles. The van der Waals surface area contributed by atoms with Crippen LogP contribution in [-0.2, 0) is 19.4 Å². The van der Waals surface area contributed by atoms with Crippen LogP contribution in [0, 0.1) is 6.92 Å². The van der Waals surface area contributed by atoms with Gasteiger partial charge in [0.1, 0.15) is 6.10 Å². The lowest BCUT2D eigenvalue weighted by atomic mass is 10.0. The van der Waals surface area contributed by atoms with Gasteiger partial charge in [0.05, 0.1) is 22.1 Å². The second-order valence-corrected chi connectivity index (χ2v) is 5.16. The fourth-order valence-electron chi connectivity index (χ4n) is 2.39. The Labute approximate surface area is 124 Å². The van der Waals surface area contributed by atoms with Gasteiger partial charge in [0, 0.05) is 19.2 Å². The van der Waals surface area contributed by atoms with Gasteiger partial charge in [-0.3, -0.25) is 9.67 Å². The predicted molar refractivity (Wildman–Crippen MR) is 79.9 cm³/mol. The second-order valence-electron chi connectivity index (χ2n) is 4.78. The molecule has 0 spiro atoms. The van der Waals surface area contributed by atoms with Crippen LogP contribution in [0.25, 0.3) is 0 Å². The first-order valence-electron chi connectivity index (χ1n) is 6.92. The van der Waals surface area contributed by atoms with Gasteiger partial charge in [0.2, 0.25) is 0 Å². The van der Waals surface area contributed by atoms with Crippen molar-refractivity contribution in [1.82, 2.24) is 14.8 Å². The molecule has 0 aromatic carbocycles. The number of nitrogens with zero attached hydrogens (tertiary/aromatic N) is 3. The smallest absolute Gasteiger partial charge is 0.102 e. The van der Waals surface area contributed by atoms with E-state index in [0.29, 0.717) is 11.4 Å². The highest BCUT2D eigenvalue weighted by molar-refractivity contribution is 6.31. The SMILES string of the molecule is CCc1cccnc1C(O)Cc1c(Cl)c(C)nn1CC. The first-order valence-corrected chi connectivity index (χ1v) is 7.29. The quantitative estimate of drug-likeness (QED) is 0.921. The first kappa shape index (κ1) is 15.0. The van der Waals surface area contributed by atoms with Gasteiger partial charge in [-0.2, -0.15) is 5.10 Å². The van der Waals surface area contributed by atoms with E-state index < -0.39 is 6.10 Å². The fourth-order valence-corrected chi connectivity index (χ4v) is 2.61. The van der Waals surface area contributed by atoms with Crippen LogP contribution < -0.4 is 0 Å². The van der Waals surface area contributed by atoms with Gasteiger partial charge in [-0.25, -0.2) is 0 Å². The summed E-state index contributed by atoms with van der Waals surface area (Å²) < 4.78 is 1.84. The Bertz CT molecular complexity index is 595. The molecule has 1 atom stereocenters. The van der Waals surface area contributed by atoms with Gasteiger partial charge in [-0.15, -0.1) is 0 Å². The van der Waals surface area contributed by atoms with Crippen LogP contribution in [0.2, 0.25) is 5.02 Å². The van der Waals surface area contributed by atoms with E-state index in [0.717, 1.165) is 35.6 Å². The van der Waals surface area contributed by atoms with Crippen molar-refractivity contribution in [2.45, 2.75) is 46.3 Å². The van der Waals surface area contributed by atoms with Gasteiger partial charge in [-0.05, 0) is 31.9 Å². The van der Waals surface area contributed by atoms with Crippen molar-refractivity contribution in [3.8, 4) is 0 Å². The molecule has 0 aliphatic heterocycles. The Kier molecular flexibility index (Phi) is 4.78. The summed E-state index contributed by atoms with van der Waals surface area (Å²) in [7, 11) is 0. The lowest BCUT2D eigenvalue weighted by molar-refractivity contribution is 0.169. The van der Waals surface area contributed by atoms with E-state index in [9.17, 15) is 5.11 Å². The minimum absolute atomic E-state index is 0.428. The van der Waals surface area contributed by atoms with Crippen LogP contribution in [-0.4, -0.2) is 19.9 Å². The zero-order valence-electron chi connectivity index (χ0n) is 12.1. The molecule has 108 valence electrons. The van der Waals surface area contributed by atoms with Crippen molar-refractivity contribution in [2.75, 3.05) is 0 Å². The lowest BCUT2D eigenvalue weighted by Crippen LogP contribution is -2.11. The molecule has 1 unspecified atom stereocenters. The highest BCUT2D eigenvalue weighted by atomic mass is 35.5. The third-order valence-electron chi connectivity index (χ3n) is 3.46. The monoisotopic (exact) mass is 293 g/mol. The highest BCUT2D eigenvalue weighted by Crippen LogP contribution is 2.26. The molecule has 2 rings (SSSR count). The van der Waals surface area contributed by atoms with E-state index in [1.165, 1.54) is 0 Å². The zero-order chi connectivity index (χ0) is 14.7. The largest absolute Gasteiger partial charge is 0.386 e. The Morgan fingerprint density at radius 2 is 2.15 bits per heavy atom. The minimum atomic E-state index is -0.662. The third kappa shape index (κ3) is 2.86. The van der Waals surface area contributed by atoms with E-state index >= 15 is 0 Å². The van der Waals surface area contributed by atoms with Crippen LogP contribution in [0.5, 0.6) is 0 Å². The van der Waals surface area contributed by atoms with Crippen LogP contribution in [0.15, 0.2) is 18.3 Å². The molecule has 0 bridgehead atoms. The lowest BCUT2D eigenvalue weighted by Gasteiger charge is -2.14. The molecular formula is C15H20ClN3O. The molecule has 0 saturated carbocycles. The van der Waals surface area contributed by atoms with E-state index in [1.807, 2.05) is 30.7 Å². The number of hydrogen-bond donors (Lipinski definition) is 1. The second kappa shape index (κ2) is 6.37. The van der Waals surface area contributed by atoms with Crippen LogP contribution in [0.1, 0.15) is 42.6 Å². The number of aliphatic hydroxyl groups is 1. The predicted octanol–water partition coefficient (Wildman–Crippen LogP) is 3.10. The number of halogens is 1. The summed E-state index contributed by atoms with van der Waals surface area (Å²) in [6.07, 6.45) is 2.32. The zero-order valence-corrected chi connectivity index (χ0v) is 12.9. The van der Waals surface area contributed by atoms with Crippen LogP contribution >= 0.6 is 11.6 Å². The van der Waals surface area contributed by atoms with E-state index in [1.54, 1.807) is 6.20 Å². The van der Waals surface area contributed by atoms with Gasteiger partial charge in [0.15, 0.2) is 0 Å². The molecule has 0 aliphatic carbocycles. The highest BCUT2D eigenvalue weighted by Gasteiger charge is 2.19. The molecule has 20 heavy (non-hydrogen) atoms. The summed E-state index contributed by atoms with van der Waals surface area (Å²) in [5.74, 6) is 0. The fraction of sp³-hybridized carbons (Fsp3) is 0.467. The molecule has 0 amide bonds. The molecule has 2 aromatic heterocycles. The molecule has 5 heteroatoms. The summed E-state index contributed by atoms with van der Waals surface area (Å²) in [5.41, 5.74) is 3.46. The number of hydrogen-bond acceptors (Lipinski definition) is 3. The van der Waals surface area contributed by atoms with Crippen molar-refractivity contribution in [3.05, 3.63) is 46.0 Å². The average Bonchev–Trinajstić information content (AvgIpc) is 2.74. The standard InChI is InChI=1S/C15H20ClN3O/c1-4-11-7-6-8-17-15(11)13(20)9-12-14(16)10(3)18-19(12)5-2/h6-8,13,20H,4-5,9H2,1-3H3. The number of pyridine rings is 1. The third-order valence-corrected chi connectivity index (χ3v) is 3.95. The van der Waals surface area contributed by atoms with E-state index in [-0.39, 0.29) is 0 Å². The maximum atomic E-state index is 10.5. The molecule has 0 radical (unpaired) electrons. The van der Waals surface area contributed by atoms with Gasteiger partial charge in [0.25, 0.3) is 0 Å². The van der Waals surface area contributed by atoms with Crippen molar-refractivity contribution < 1.29 is 5.11 Å². The van der Waals surface area contributed by atoms with Crippen molar-refractivity contribution in [2.24, 2.45) is 0 Å². The van der Waals surface area contributed by atoms with E-state index in [4.69, 9.17) is 11.6 Å². The van der Waals surface area contributed by atoms with Crippen LogP contribution in [0.4, 0.5) is 0 Å². The summed E-state index contributed by atoms with van der Waals surface area (Å²) in [4.78, 5) is 4.31. The topological polar surface area (TPSA) is 50.9 Å². The Hall–Kier alpha value is -1.39. The van der Waals surface area contributed by atoms with Crippen molar-refractivity contribution >= 4 is 11.6 Å². The number of aliphatic hydroxyl groups excluding tert-OH is 1. The summed E-state index contributed by atoms with van der Waals surface area (Å²) in [6.45, 7) is 6.68. The van der Waals surface area contributed by atoms with Gasteiger partial charge >= 0.3 is 0 Å². The Morgan fingerprint density at radius 3 is 2.80 bits per heavy atom. The van der Waals surface area contributed by atoms with Gasteiger partial charge in [-0.1, -0.05) is 24.6 Å². The maximum Gasteiger partial charge on any atom is 0.102 e. The number of rotatable bonds is 5. The summed E-state index contributed by atoms with van der Waals surface area (Å²) in [5, 5.41) is 15.5. The number of aryl methyl sites for hydroxylation is 3. The molecule has 0 fully saturated rings. The molecule has 0 aliphatic rings. The first-order chi connectivity index (χ1) is 9.58. The van der Waals surface area contributed by atoms with E-state index in [2.05, 4.69) is 17.0 Å². The number of aromatic nitrogens is 3. The molecule has 4 nitrogen and oxygen atoms in total. The Morgan fingerprint density at radius 1 is 1.40 bits per heavy atom. The molecule has 0 saturated heterocycles. The molecular weight excluding hydrogens is 274 g/mol. The average molecular weight is 294 g/mol. The van der Waals surface area contributed by atoms with Crippen molar-refractivity contribution in [1.29, 1.82) is 0 Å². The Balaban J connectivity index is 2.30. The minimum Gasteiger partial charge on any atom is -0.386 e.